The standard InChI is InChI=1S/C18H25N3O2/c1-13(15-11-19-12-15)18(23)20-10-14-5-7-16(8-6-14)21-9-3-2-4-17(21)22/h5-8,13,15,19H,2-4,9-12H2,1H3,(H,20,23). The van der Waals surface area contributed by atoms with Gasteiger partial charge in [-0.05, 0) is 49.5 Å². The number of hydrogen-bond acceptors (Lipinski definition) is 3. The van der Waals surface area contributed by atoms with Gasteiger partial charge in [-0.15, -0.1) is 0 Å². The Morgan fingerprint density at radius 3 is 2.65 bits per heavy atom. The molecule has 2 saturated heterocycles. The predicted octanol–water partition coefficient (Wildman–Crippen LogP) is 1.68. The maximum atomic E-state index is 12.1. The highest BCUT2D eigenvalue weighted by Crippen LogP contribution is 2.21. The van der Waals surface area contributed by atoms with Crippen LogP contribution in [0.15, 0.2) is 24.3 Å². The molecule has 2 amide bonds. The number of carbonyl (C=O) groups is 2. The van der Waals surface area contributed by atoms with Gasteiger partial charge in [0.2, 0.25) is 11.8 Å². The van der Waals surface area contributed by atoms with Gasteiger partial charge in [0.15, 0.2) is 0 Å². The first kappa shape index (κ1) is 16.0. The SMILES string of the molecule is CC(C(=O)NCc1ccc(N2CCCCC2=O)cc1)C1CNC1. The zero-order chi connectivity index (χ0) is 16.2. The van der Waals surface area contributed by atoms with Crippen LogP contribution in [0.2, 0.25) is 0 Å². The van der Waals surface area contributed by atoms with Crippen molar-refractivity contribution in [1.29, 1.82) is 0 Å². The van der Waals surface area contributed by atoms with Crippen molar-refractivity contribution >= 4 is 17.5 Å². The van der Waals surface area contributed by atoms with E-state index in [2.05, 4.69) is 10.6 Å². The van der Waals surface area contributed by atoms with Gasteiger partial charge in [-0.3, -0.25) is 9.59 Å². The Hall–Kier alpha value is -1.88. The van der Waals surface area contributed by atoms with Crippen LogP contribution in [-0.2, 0) is 16.1 Å². The summed E-state index contributed by atoms with van der Waals surface area (Å²) < 4.78 is 0. The molecule has 1 aromatic rings. The molecule has 2 aliphatic rings. The number of anilines is 1. The molecule has 2 N–H and O–H groups in total. The van der Waals surface area contributed by atoms with Crippen LogP contribution in [0.1, 0.15) is 31.7 Å². The number of amides is 2. The summed E-state index contributed by atoms with van der Waals surface area (Å²) in [6.07, 6.45) is 2.71. The second kappa shape index (κ2) is 7.13. The third kappa shape index (κ3) is 3.72. The Labute approximate surface area is 137 Å². The lowest BCUT2D eigenvalue weighted by atomic mass is 9.88. The normalized spacial score (nSPS) is 20.0. The van der Waals surface area contributed by atoms with Crippen LogP contribution in [0, 0.1) is 11.8 Å². The number of piperidine rings is 1. The summed E-state index contributed by atoms with van der Waals surface area (Å²) >= 11 is 0. The molecular weight excluding hydrogens is 290 g/mol. The molecule has 0 radical (unpaired) electrons. The average Bonchev–Trinajstić information content (AvgIpc) is 2.52. The Bertz CT molecular complexity index is 566. The zero-order valence-electron chi connectivity index (χ0n) is 13.7. The molecule has 3 rings (SSSR count). The predicted molar refractivity (Wildman–Crippen MR) is 90.0 cm³/mol. The molecule has 5 nitrogen and oxygen atoms in total. The Morgan fingerprint density at radius 1 is 1.30 bits per heavy atom. The molecule has 0 aromatic heterocycles. The van der Waals surface area contributed by atoms with E-state index < -0.39 is 0 Å². The molecule has 0 aliphatic carbocycles. The van der Waals surface area contributed by atoms with Gasteiger partial charge in [-0.2, -0.15) is 0 Å². The number of rotatable bonds is 5. The summed E-state index contributed by atoms with van der Waals surface area (Å²) in [6.45, 7) is 5.21. The van der Waals surface area contributed by atoms with Crippen molar-refractivity contribution in [2.45, 2.75) is 32.7 Å². The van der Waals surface area contributed by atoms with E-state index in [0.717, 1.165) is 43.7 Å². The van der Waals surface area contributed by atoms with Crippen molar-refractivity contribution < 1.29 is 9.59 Å². The summed E-state index contributed by atoms with van der Waals surface area (Å²) in [7, 11) is 0. The van der Waals surface area contributed by atoms with Crippen molar-refractivity contribution in [3.8, 4) is 0 Å². The van der Waals surface area contributed by atoms with E-state index in [1.807, 2.05) is 36.1 Å². The molecule has 1 unspecified atom stereocenters. The zero-order valence-corrected chi connectivity index (χ0v) is 13.7. The molecule has 0 bridgehead atoms. The van der Waals surface area contributed by atoms with Crippen LogP contribution in [0.5, 0.6) is 0 Å². The van der Waals surface area contributed by atoms with E-state index in [0.29, 0.717) is 18.9 Å². The molecule has 2 fully saturated rings. The van der Waals surface area contributed by atoms with Gasteiger partial charge < -0.3 is 15.5 Å². The molecule has 2 heterocycles. The van der Waals surface area contributed by atoms with Gasteiger partial charge >= 0.3 is 0 Å². The third-order valence-corrected chi connectivity index (χ3v) is 4.97. The van der Waals surface area contributed by atoms with E-state index in [1.54, 1.807) is 0 Å². The number of carbonyl (C=O) groups excluding carboxylic acids is 2. The summed E-state index contributed by atoms with van der Waals surface area (Å²) in [5.74, 6) is 0.844. The maximum Gasteiger partial charge on any atom is 0.226 e. The molecule has 2 aliphatic heterocycles. The maximum absolute atomic E-state index is 12.1. The monoisotopic (exact) mass is 315 g/mol. The van der Waals surface area contributed by atoms with Crippen molar-refractivity contribution in [1.82, 2.24) is 10.6 Å². The molecule has 23 heavy (non-hydrogen) atoms. The first-order valence-corrected chi connectivity index (χ1v) is 8.53. The lowest BCUT2D eigenvalue weighted by Crippen LogP contribution is -2.49. The Balaban J connectivity index is 1.53. The third-order valence-electron chi connectivity index (χ3n) is 4.97. The summed E-state index contributed by atoms with van der Waals surface area (Å²) in [5, 5.41) is 6.21. The first-order valence-electron chi connectivity index (χ1n) is 8.53. The van der Waals surface area contributed by atoms with Gasteiger partial charge in [0.05, 0.1) is 0 Å². The van der Waals surface area contributed by atoms with Gasteiger partial charge in [0.1, 0.15) is 0 Å². The largest absolute Gasteiger partial charge is 0.352 e. The van der Waals surface area contributed by atoms with Crippen molar-refractivity contribution in [2.24, 2.45) is 11.8 Å². The van der Waals surface area contributed by atoms with Crippen LogP contribution in [-0.4, -0.2) is 31.4 Å². The highest BCUT2D eigenvalue weighted by Gasteiger charge is 2.28. The van der Waals surface area contributed by atoms with Crippen LogP contribution in [0.4, 0.5) is 5.69 Å². The molecule has 0 spiro atoms. The molecule has 5 heteroatoms. The lowest BCUT2D eigenvalue weighted by molar-refractivity contribution is -0.126. The summed E-state index contributed by atoms with van der Waals surface area (Å²) in [5.41, 5.74) is 2.02. The fourth-order valence-electron chi connectivity index (χ4n) is 3.10. The molecular formula is C18H25N3O2. The summed E-state index contributed by atoms with van der Waals surface area (Å²) in [4.78, 5) is 25.9. The van der Waals surface area contributed by atoms with Crippen molar-refractivity contribution in [3.63, 3.8) is 0 Å². The average molecular weight is 315 g/mol. The highest BCUT2D eigenvalue weighted by molar-refractivity contribution is 5.93. The topological polar surface area (TPSA) is 61.4 Å². The van der Waals surface area contributed by atoms with E-state index >= 15 is 0 Å². The van der Waals surface area contributed by atoms with E-state index in [-0.39, 0.29) is 17.7 Å². The van der Waals surface area contributed by atoms with Crippen LogP contribution < -0.4 is 15.5 Å². The lowest BCUT2D eigenvalue weighted by Gasteiger charge is -2.31. The smallest absolute Gasteiger partial charge is 0.226 e. The minimum Gasteiger partial charge on any atom is -0.352 e. The number of nitrogens with one attached hydrogen (secondary N) is 2. The molecule has 1 atom stereocenters. The minimum absolute atomic E-state index is 0.0569. The minimum atomic E-state index is 0.0569. The Morgan fingerprint density at radius 2 is 2.04 bits per heavy atom. The van der Waals surface area contributed by atoms with Gasteiger partial charge in [-0.1, -0.05) is 19.1 Å². The van der Waals surface area contributed by atoms with E-state index in [4.69, 9.17) is 0 Å². The van der Waals surface area contributed by atoms with Gasteiger partial charge in [-0.25, -0.2) is 0 Å². The van der Waals surface area contributed by atoms with Crippen molar-refractivity contribution in [3.05, 3.63) is 29.8 Å². The number of hydrogen-bond donors (Lipinski definition) is 2. The van der Waals surface area contributed by atoms with Crippen LogP contribution >= 0.6 is 0 Å². The molecule has 124 valence electrons. The quantitative estimate of drug-likeness (QED) is 0.869. The number of benzene rings is 1. The van der Waals surface area contributed by atoms with E-state index in [9.17, 15) is 9.59 Å². The number of nitrogens with zero attached hydrogens (tertiary/aromatic N) is 1. The molecule has 1 aromatic carbocycles. The van der Waals surface area contributed by atoms with Gasteiger partial charge in [0, 0.05) is 31.1 Å². The molecule has 0 saturated carbocycles. The first-order chi connectivity index (χ1) is 11.1. The van der Waals surface area contributed by atoms with Gasteiger partial charge in [0.25, 0.3) is 0 Å². The van der Waals surface area contributed by atoms with Crippen LogP contribution in [0.25, 0.3) is 0 Å². The Kier molecular flexibility index (Phi) is 4.96. The fourth-order valence-corrected chi connectivity index (χ4v) is 3.10. The highest BCUT2D eigenvalue weighted by atomic mass is 16.2. The summed E-state index contributed by atoms with van der Waals surface area (Å²) in [6, 6.07) is 7.94. The second-order valence-electron chi connectivity index (χ2n) is 6.59. The van der Waals surface area contributed by atoms with Crippen LogP contribution in [0.3, 0.4) is 0 Å². The fraction of sp³-hybridized carbons (Fsp3) is 0.556. The second-order valence-corrected chi connectivity index (χ2v) is 6.59. The van der Waals surface area contributed by atoms with Crippen molar-refractivity contribution in [2.75, 3.05) is 24.5 Å². The van der Waals surface area contributed by atoms with E-state index in [1.165, 1.54) is 0 Å².